The van der Waals surface area contributed by atoms with Crippen molar-refractivity contribution in [3.8, 4) is 0 Å². The van der Waals surface area contributed by atoms with Crippen LogP contribution in [0, 0.1) is 0 Å². The second-order valence-corrected chi connectivity index (χ2v) is 24.6. The predicted molar refractivity (Wildman–Crippen MR) is 420 cm³/mol. The lowest BCUT2D eigenvalue weighted by molar-refractivity contribution is -0.0327. The number of carbonyl (C=O) groups is 1. The lowest BCUT2D eigenvalue weighted by atomic mass is 10.2. The summed E-state index contributed by atoms with van der Waals surface area (Å²) in [6.45, 7) is 38.9. The molecule has 0 spiro atoms. The van der Waals surface area contributed by atoms with Gasteiger partial charge in [0.05, 0.1) is 469 Å². The Morgan fingerprint density at radius 3 is 0.336 bits per heavy atom. The standard InChI is InChI=1S/C77H155NO38/c1-77(2,3)116-76(80)78-4-6-81-8-10-83-12-14-85-16-18-87-20-22-89-24-26-91-28-30-93-32-34-95-36-38-97-40-42-99-44-46-101-48-50-103-52-54-105-56-58-107-60-62-109-64-66-111-68-70-113-72-74-115-75-73-114-71-69-112-67-65-110-63-61-108-59-57-106-55-53-104-51-49-102-47-45-100-43-41-98-39-37-96-35-33-94-31-29-92-27-25-90-23-21-88-19-17-86-15-13-84-11-9-82-7-5-79/h79H,4-75H2,1-3H3,(H,78,80). The van der Waals surface area contributed by atoms with Crippen LogP contribution in [0.4, 0.5) is 4.79 Å². The molecule has 0 atom stereocenters. The lowest BCUT2D eigenvalue weighted by Gasteiger charge is -2.19. The van der Waals surface area contributed by atoms with Crippen molar-refractivity contribution in [2.75, 3.05) is 476 Å². The van der Waals surface area contributed by atoms with Crippen molar-refractivity contribution in [2.45, 2.75) is 26.4 Å². The summed E-state index contributed by atoms with van der Waals surface area (Å²) in [6, 6.07) is 0. The SMILES string of the molecule is CC(C)(C)OC(=O)NCCOCCOCCOCCOCCOCCOCCOCCOCCOCCOCCOCCOCCOCCOCCOCCOCCOCCOCCOCCOCCOCCOCCOCCOCCOCCOCCOCCOCCOCCOCCOCCOCCOCCOCCOCCO. The Morgan fingerprint density at radius 1 is 0.164 bits per heavy atom. The number of carbonyl (C=O) groups excluding carboxylic acids is 1. The van der Waals surface area contributed by atoms with Gasteiger partial charge < -0.3 is 181 Å². The molecule has 0 radical (unpaired) electrons. The van der Waals surface area contributed by atoms with E-state index in [9.17, 15) is 4.79 Å². The van der Waals surface area contributed by atoms with E-state index >= 15 is 0 Å². The first-order chi connectivity index (χ1) is 57.5. The maximum absolute atomic E-state index is 11.6. The molecule has 39 nitrogen and oxygen atoms in total. The monoisotopic (exact) mass is 1700 g/mol. The first kappa shape index (κ1) is 114. The molecule has 0 saturated heterocycles. The van der Waals surface area contributed by atoms with Gasteiger partial charge in [-0.05, 0) is 20.8 Å². The fourth-order valence-electron chi connectivity index (χ4n) is 8.18. The third kappa shape index (κ3) is 110. The molecule has 0 unspecified atom stereocenters. The zero-order chi connectivity index (χ0) is 83.2. The zero-order valence-corrected chi connectivity index (χ0v) is 71.0. The Labute approximate surface area is 691 Å². The van der Waals surface area contributed by atoms with E-state index in [4.69, 9.17) is 176 Å². The maximum atomic E-state index is 11.6. The Morgan fingerprint density at radius 2 is 0.250 bits per heavy atom. The molecule has 0 rings (SSSR count). The van der Waals surface area contributed by atoms with Crippen LogP contribution in [-0.4, -0.2) is 492 Å². The first-order valence-electron chi connectivity index (χ1n) is 41.2. The molecule has 2 N–H and O–H groups in total. The summed E-state index contributed by atoms with van der Waals surface area (Å²) < 4.78 is 198. The number of aliphatic hydroxyl groups is 1. The molecule has 0 saturated carbocycles. The smallest absolute Gasteiger partial charge is 0.407 e. The molecule has 696 valence electrons. The second-order valence-electron chi connectivity index (χ2n) is 24.6. The number of aliphatic hydroxyl groups excluding tert-OH is 1. The molecule has 0 bridgehead atoms. The minimum atomic E-state index is -0.525. The first-order valence-corrected chi connectivity index (χ1v) is 41.2. The summed E-state index contributed by atoms with van der Waals surface area (Å²) in [5.41, 5.74) is -0.525. The maximum Gasteiger partial charge on any atom is 0.407 e. The topological polar surface area (TPSA) is 382 Å². The Bertz CT molecular complexity index is 1750. The van der Waals surface area contributed by atoms with Crippen LogP contribution < -0.4 is 5.32 Å². The molecule has 0 fully saturated rings. The van der Waals surface area contributed by atoms with Crippen molar-refractivity contribution < 1.29 is 180 Å². The third-order valence-electron chi connectivity index (χ3n) is 13.8. The van der Waals surface area contributed by atoms with Crippen molar-refractivity contribution in [3.63, 3.8) is 0 Å². The van der Waals surface area contributed by atoms with Gasteiger partial charge in [-0.25, -0.2) is 4.79 Å². The van der Waals surface area contributed by atoms with Gasteiger partial charge in [0.2, 0.25) is 0 Å². The average molecular weight is 1700 g/mol. The molecular formula is C77H155NO38. The van der Waals surface area contributed by atoms with Crippen LogP contribution >= 0.6 is 0 Å². The van der Waals surface area contributed by atoms with Crippen LogP contribution in [0.3, 0.4) is 0 Å². The van der Waals surface area contributed by atoms with Gasteiger partial charge in [-0.2, -0.15) is 0 Å². The molecule has 0 heterocycles. The fraction of sp³-hybridized carbons (Fsp3) is 0.987. The van der Waals surface area contributed by atoms with Crippen molar-refractivity contribution >= 4 is 6.09 Å². The van der Waals surface area contributed by atoms with Gasteiger partial charge in [0, 0.05) is 6.54 Å². The minimum Gasteiger partial charge on any atom is -0.444 e. The van der Waals surface area contributed by atoms with E-state index < -0.39 is 11.7 Å². The number of amides is 1. The number of hydrogen-bond donors (Lipinski definition) is 2. The second kappa shape index (κ2) is 105. The lowest BCUT2D eigenvalue weighted by Crippen LogP contribution is -2.34. The van der Waals surface area contributed by atoms with E-state index in [1.165, 1.54) is 0 Å². The Kier molecular flexibility index (Phi) is 103. The van der Waals surface area contributed by atoms with E-state index in [1.807, 2.05) is 20.8 Å². The number of hydrogen-bond acceptors (Lipinski definition) is 38. The largest absolute Gasteiger partial charge is 0.444 e. The molecule has 0 aliphatic heterocycles. The average Bonchev–Trinajstić information content (AvgIpc) is 0.951. The summed E-state index contributed by atoms with van der Waals surface area (Å²) in [6.07, 6.45) is -0.460. The van der Waals surface area contributed by atoms with Crippen molar-refractivity contribution in [1.82, 2.24) is 5.32 Å². The van der Waals surface area contributed by atoms with E-state index in [2.05, 4.69) is 5.32 Å². The van der Waals surface area contributed by atoms with Crippen molar-refractivity contribution in [2.24, 2.45) is 0 Å². The summed E-state index contributed by atoms with van der Waals surface area (Å²) in [4.78, 5) is 11.6. The molecule has 0 aromatic carbocycles. The van der Waals surface area contributed by atoms with E-state index in [0.717, 1.165) is 0 Å². The van der Waals surface area contributed by atoms with Gasteiger partial charge in [0.1, 0.15) is 5.60 Å². The molecule has 0 aliphatic carbocycles. The highest BCUT2D eigenvalue weighted by Crippen LogP contribution is 2.06. The molecular weight excluding hydrogens is 1550 g/mol. The molecule has 0 aromatic rings. The summed E-state index contributed by atoms with van der Waals surface area (Å²) in [7, 11) is 0. The van der Waals surface area contributed by atoms with E-state index in [1.54, 1.807) is 0 Å². The Hall–Kier alpha value is -2.17. The van der Waals surface area contributed by atoms with Crippen LogP contribution in [0.1, 0.15) is 20.8 Å². The van der Waals surface area contributed by atoms with Crippen molar-refractivity contribution in [3.05, 3.63) is 0 Å². The number of alkyl carbamates (subject to hydrolysis) is 1. The summed E-state index contributed by atoms with van der Waals surface area (Å²) >= 11 is 0. The van der Waals surface area contributed by atoms with Crippen LogP contribution in [0.25, 0.3) is 0 Å². The molecule has 1 amide bonds. The molecule has 39 heteroatoms. The van der Waals surface area contributed by atoms with Gasteiger partial charge in [-0.15, -0.1) is 0 Å². The highest BCUT2D eigenvalue weighted by atomic mass is 16.6. The molecule has 116 heavy (non-hydrogen) atoms. The van der Waals surface area contributed by atoms with Gasteiger partial charge in [0.25, 0.3) is 0 Å². The van der Waals surface area contributed by atoms with Crippen LogP contribution in [0.5, 0.6) is 0 Å². The number of ether oxygens (including phenoxy) is 36. The van der Waals surface area contributed by atoms with Gasteiger partial charge >= 0.3 is 6.09 Å². The normalized spacial score (nSPS) is 11.9. The zero-order valence-electron chi connectivity index (χ0n) is 71.0. The van der Waals surface area contributed by atoms with E-state index in [0.29, 0.717) is 469 Å². The highest BCUT2D eigenvalue weighted by molar-refractivity contribution is 5.67. The van der Waals surface area contributed by atoms with Crippen LogP contribution in [0.2, 0.25) is 0 Å². The third-order valence-corrected chi connectivity index (χ3v) is 13.8. The predicted octanol–water partition coefficient (Wildman–Crippen LogP) is 1.08. The van der Waals surface area contributed by atoms with Gasteiger partial charge in [0.15, 0.2) is 0 Å². The van der Waals surface area contributed by atoms with Gasteiger partial charge in [-0.3, -0.25) is 0 Å². The molecule has 0 aromatic heterocycles. The number of nitrogens with one attached hydrogen (secondary N) is 1. The number of rotatable bonds is 107. The highest BCUT2D eigenvalue weighted by Gasteiger charge is 2.15. The minimum absolute atomic E-state index is 0.0149. The van der Waals surface area contributed by atoms with Gasteiger partial charge in [-0.1, -0.05) is 0 Å². The quantitative estimate of drug-likeness (QED) is 0.0805. The van der Waals surface area contributed by atoms with Crippen LogP contribution in [0.15, 0.2) is 0 Å². The molecule has 0 aliphatic rings. The van der Waals surface area contributed by atoms with Crippen LogP contribution in [-0.2, 0) is 171 Å². The fourth-order valence-corrected chi connectivity index (χ4v) is 8.18. The summed E-state index contributed by atoms with van der Waals surface area (Å²) in [5.74, 6) is 0. The Balaban J connectivity index is 3.11. The van der Waals surface area contributed by atoms with Crippen molar-refractivity contribution in [1.29, 1.82) is 0 Å². The van der Waals surface area contributed by atoms with E-state index in [-0.39, 0.29) is 6.61 Å². The summed E-state index contributed by atoms with van der Waals surface area (Å²) in [5, 5.41) is 11.3.